The molecule has 0 bridgehead atoms. The molecular weight excluding hydrogens is 476 g/mol. The summed E-state index contributed by atoms with van der Waals surface area (Å²) < 4.78 is 17.7. The summed E-state index contributed by atoms with van der Waals surface area (Å²) in [5, 5.41) is 12.1. The number of hydrogen-bond donors (Lipinski definition) is 0. The molecule has 0 aromatic heterocycles. The third-order valence-electron chi connectivity index (χ3n) is 6.12. The zero-order valence-electron chi connectivity index (χ0n) is 21.9. The number of nitrogens with zero attached hydrogens (tertiary/aromatic N) is 2. The maximum atomic E-state index is 13.8. The van der Waals surface area contributed by atoms with Crippen LogP contribution in [0.2, 0.25) is 13.1 Å². The van der Waals surface area contributed by atoms with E-state index in [2.05, 4.69) is 40.4 Å². The minimum Gasteiger partial charge on any atom is -0.493 e. The summed E-state index contributed by atoms with van der Waals surface area (Å²) in [6.45, 7) is 15.1. The molecule has 1 aliphatic rings. The predicted octanol–water partition coefficient (Wildman–Crippen LogP) is 5.37. The fourth-order valence-electron chi connectivity index (χ4n) is 4.52. The molecule has 194 valence electrons. The van der Waals surface area contributed by atoms with Crippen molar-refractivity contribution in [1.82, 2.24) is 4.90 Å². The highest BCUT2D eigenvalue weighted by atomic mass is 28.3. The minimum atomic E-state index is -1.43. The molecule has 2 aromatic rings. The summed E-state index contributed by atoms with van der Waals surface area (Å²) in [7, 11) is 0.0166. The Morgan fingerprint density at radius 3 is 2.44 bits per heavy atom. The van der Waals surface area contributed by atoms with Crippen LogP contribution in [-0.2, 0) is 11.0 Å². The van der Waals surface area contributed by atoms with Gasteiger partial charge in [-0.1, -0.05) is 63.3 Å². The number of methoxy groups -OCH3 is 1. The number of carbonyl (C=O) groups excluding carboxylic acids is 1. The third-order valence-corrected chi connectivity index (χ3v) is 6.96. The summed E-state index contributed by atoms with van der Waals surface area (Å²) in [5.74, 6) is 0.0166. The number of rotatable bonds is 9. The molecular formula is C27H36N2O6Si. The first-order valence-electron chi connectivity index (χ1n) is 12.1. The van der Waals surface area contributed by atoms with Gasteiger partial charge in [-0.2, -0.15) is 0 Å². The molecule has 2 atom stereocenters. The maximum absolute atomic E-state index is 13.8. The van der Waals surface area contributed by atoms with Crippen molar-refractivity contribution in [2.45, 2.75) is 59.0 Å². The van der Waals surface area contributed by atoms with E-state index in [0.717, 1.165) is 11.1 Å². The summed E-state index contributed by atoms with van der Waals surface area (Å²) in [5.41, 5.74) is 1.20. The molecule has 36 heavy (non-hydrogen) atoms. The highest BCUT2D eigenvalue weighted by Gasteiger charge is 2.44. The van der Waals surface area contributed by atoms with E-state index in [0.29, 0.717) is 13.0 Å². The van der Waals surface area contributed by atoms with Crippen LogP contribution in [0, 0.1) is 15.5 Å². The Morgan fingerprint density at radius 2 is 1.89 bits per heavy atom. The van der Waals surface area contributed by atoms with Crippen LogP contribution in [0.1, 0.15) is 43.1 Å². The van der Waals surface area contributed by atoms with Crippen LogP contribution in [0.15, 0.2) is 54.6 Å². The second-order valence-corrected chi connectivity index (χ2v) is 12.8. The summed E-state index contributed by atoms with van der Waals surface area (Å²) in [6, 6.07) is 11.9. The molecule has 3 rings (SSSR count). The zero-order valence-corrected chi connectivity index (χ0v) is 23.1. The van der Waals surface area contributed by atoms with Crippen molar-refractivity contribution in [3.8, 4) is 11.5 Å². The molecule has 1 saturated heterocycles. The van der Waals surface area contributed by atoms with Gasteiger partial charge in [-0.05, 0) is 30.5 Å². The first kappa shape index (κ1) is 27.4. The van der Waals surface area contributed by atoms with E-state index in [4.69, 9.17) is 13.9 Å². The van der Waals surface area contributed by atoms with Gasteiger partial charge in [0.15, 0.2) is 20.5 Å². The topological polar surface area (TPSA) is 91.1 Å². The van der Waals surface area contributed by atoms with Crippen molar-refractivity contribution in [3.63, 3.8) is 0 Å². The van der Waals surface area contributed by atoms with Crippen LogP contribution in [0.5, 0.6) is 11.5 Å². The van der Waals surface area contributed by atoms with E-state index < -0.39 is 19.9 Å². The molecule has 0 radical (unpaired) electrons. The minimum absolute atomic E-state index is 0.0435. The maximum Gasteiger partial charge on any atom is 0.286 e. The second kappa shape index (κ2) is 11.3. The lowest BCUT2D eigenvalue weighted by molar-refractivity contribution is -0.385. The molecule has 1 unspecified atom stereocenters. The Morgan fingerprint density at radius 1 is 1.22 bits per heavy atom. The van der Waals surface area contributed by atoms with Gasteiger partial charge in [-0.3, -0.25) is 14.9 Å². The molecule has 2 aromatic carbocycles. The van der Waals surface area contributed by atoms with Gasteiger partial charge in [0.1, 0.15) is 12.2 Å². The number of benzene rings is 2. The normalized spacial score (nSPS) is 16.8. The van der Waals surface area contributed by atoms with E-state index in [9.17, 15) is 14.9 Å². The van der Waals surface area contributed by atoms with Gasteiger partial charge in [0, 0.05) is 12.6 Å². The van der Waals surface area contributed by atoms with Crippen LogP contribution in [0.4, 0.5) is 5.69 Å². The second-order valence-electron chi connectivity index (χ2n) is 10.5. The Hall–Kier alpha value is -3.17. The molecule has 9 heteroatoms. The fourth-order valence-corrected chi connectivity index (χ4v) is 5.70. The lowest BCUT2D eigenvalue weighted by atomic mass is 9.83. The van der Waals surface area contributed by atoms with Gasteiger partial charge in [0.2, 0.25) is 0 Å². The number of ether oxygens (including phenoxy) is 2. The number of amides is 1. The quantitative estimate of drug-likeness (QED) is 0.194. The van der Waals surface area contributed by atoms with Crippen LogP contribution < -0.4 is 9.47 Å². The van der Waals surface area contributed by atoms with E-state index in [1.165, 1.54) is 19.2 Å². The largest absolute Gasteiger partial charge is 0.493 e. The lowest BCUT2D eigenvalue weighted by Gasteiger charge is -2.40. The first-order valence-corrected chi connectivity index (χ1v) is 14.9. The molecule has 0 spiro atoms. The molecule has 0 aliphatic carbocycles. The molecule has 0 saturated carbocycles. The SMILES string of the molecule is C=C1C[C@@H](C(O[SiH](C)C)C(C)(C)C)N(C(=O)c2cc(OC)c(OCc3ccccc3)cc2[N+](=O)[O-])C1. The van der Waals surface area contributed by atoms with Gasteiger partial charge in [-0.15, -0.1) is 0 Å². The molecule has 1 fully saturated rings. The van der Waals surface area contributed by atoms with Crippen molar-refractivity contribution < 1.29 is 23.6 Å². The van der Waals surface area contributed by atoms with Crippen molar-refractivity contribution in [3.05, 3.63) is 75.9 Å². The third kappa shape index (κ3) is 6.33. The van der Waals surface area contributed by atoms with E-state index in [-0.39, 0.29) is 46.9 Å². The van der Waals surface area contributed by atoms with Crippen LogP contribution in [-0.4, -0.2) is 50.6 Å². The van der Waals surface area contributed by atoms with Crippen LogP contribution in [0.3, 0.4) is 0 Å². The summed E-state index contributed by atoms with van der Waals surface area (Å²) >= 11 is 0. The van der Waals surface area contributed by atoms with Gasteiger partial charge < -0.3 is 18.8 Å². The van der Waals surface area contributed by atoms with Gasteiger partial charge in [-0.25, -0.2) is 0 Å². The van der Waals surface area contributed by atoms with Gasteiger partial charge in [0.25, 0.3) is 11.6 Å². The highest BCUT2D eigenvalue weighted by Crippen LogP contribution is 2.39. The zero-order chi connectivity index (χ0) is 26.6. The van der Waals surface area contributed by atoms with E-state index in [1.807, 2.05) is 30.3 Å². The smallest absolute Gasteiger partial charge is 0.286 e. The predicted molar refractivity (Wildman–Crippen MR) is 142 cm³/mol. The Bertz CT molecular complexity index is 1110. The average molecular weight is 513 g/mol. The monoisotopic (exact) mass is 512 g/mol. The molecule has 1 heterocycles. The van der Waals surface area contributed by atoms with Crippen molar-refractivity contribution >= 4 is 20.6 Å². The number of nitro benzene ring substituents is 1. The first-order chi connectivity index (χ1) is 16.9. The van der Waals surface area contributed by atoms with Crippen molar-refractivity contribution in [2.24, 2.45) is 5.41 Å². The summed E-state index contributed by atoms with van der Waals surface area (Å²) in [4.78, 5) is 27.0. The number of carbonyl (C=O) groups is 1. The van der Waals surface area contributed by atoms with Crippen LogP contribution >= 0.6 is 0 Å². The Balaban J connectivity index is 1.99. The number of likely N-dealkylation sites (tertiary alicyclic amines) is 1. The average Bonchev–Trinajstić information content (AvgIpc) is 3.20. The Kier molecular flexibility index (Phi) is 8.57. The van der Waals surface area contributed by atoms with Crippen LogP contribution in [0.25, 0.3) is 0 Å². The van der Waals surface area contributed by atoms with Gasteiger partial charge >= 0.3 is 0 Å². The van der Waals surface area contributed by atoms with Crippen molar-refractivity contribution in [2.75, 3.05) is 13.7 Å². The Labute approximate surface area is 214 Å². The van der Waals surface area contributed by atoms with Gasteiger partial charge in [0.05, 0.1) is 30.2 Å². The molecule has 8 nitrogen and oxygen atoms in total. The highest BCUT2D eigenvalue weighted by molar-refractivity contribution is 6.48. The number of nitro groups is 1. The molecule has 1 aliphatic heterocycles. The lowest BCUT2D eigenvalue weighted by Crippen LogP contribution is -2.50. The molecule has 1 amide bonds. The fraction of sp³-hybridized carbons (Fsp3) is 0.444. The molecule has 0 N–H and O–H groups in total. The summed E-state index contributed by atoms with van der Waals surface area (Å²) in [6.07, 6.45) is 0.375. The van der Waals surface area contributed by atoms with E-state index >= 15 is 0 Å². The number of hydrogen-bond acceptors (Lipinski definition) is 6. The van der Waals surface area contributed by atoms with E-state index in [1.54, 1.807) is 4.90 Å². The van der Waals surface area contributed by atoms with Crippen molar-refractivity contribution in [1.29, 1.82) is 0 Å². The standard InChI is InChI=1S/C27H36N2O6Si/c1-18-13-22(25(27(2,3)4)35-36(6)7)28(16-18)26(30)20-14-23(33-5)24(15-21(20)29(31)32)34-17-19-11-9-8-10-12-19/h8-12,14-15,22,25,36H,1,13,16-17H2,2-7H3/t22-,25?/m0/s1.